The Morgan fingerprint density at radius 2 is 2.09 bits per heavy atom. The average Bonchev–Trinajstić information content (AvgIpc) is 3.29. The van der Waals surface area contributed by atoms with Crippen molar-refractivity contribution in [1.29, 1.82) is 0 Å². The molecule has 0 N–H and O–H groups in total. The third-order valence-electron chi connectivity index (χ3n) is 3.75. The van der Waals surface area contributed by atoms with Crippen LogP contribution in [0.4, 0.5) is 0 Å². The van der Waals surface area contributed by atoms with E-state index in [9.17, 15) is 0 Å². The van der Waals surface area contributed by atoms with Crippen LogP contribution in [0.5, 0.6) is 0 Å². The summed E-state index contributed by atoms with van der Waals surface area (Å²) in [5, 5.41) is 14.9. The quantitative estimate of drug-likeness (QED) is 0.737. The molecule has 0 aliphatic carbocycles. The van der Waals surface area contributed by atoms with E-state index in [1.165, 1.54) is 4.88 Å². The molecule has 7 heteroatoms. The Morgan fingerprint density at radius 3 is 2.91 bits per heavy atom. The van der Waals surface area contributed by atoms with Gasteiger partial charge in [0.25, 0.3) is 0 Å². The average molecular weight is 332 g/mol. The zero-order chi connectivity index (χ0) is 14.8. The van der Waals surface area contributed by atoms with E-state index in [2.05, 4.69) is 43.5 Å². The Kier molecular flexibility index (Phi) is 4.03. The molecule has 5 nitrogen and oxygen atoms in total. The predicted octanol–water partition coefficient (Wildman–Crippen LogP) is 2.89. The van der Waals surface area contributed by atoms with Crippen molar-refractivity contribution in [2.45, 2.75) is 6.54 Å². The van der Waals surface area contributed by atoms with Crippen LogP contribution < -0.4 is 0 Å². The largest absolute Gasteiger partial charge is 0.379 e. The number of morpholine rings is 1. The van der Waals surface area contributed by atoms with E-state index in [0.717, 1.165) is 49.8 Å². The van der Waals surface area contributed by atoms with Crippen molar-refractivity contribution in [1.82, 2.24) is 19.9 Å². The van der Waals surface area contributed by atoms with E-state index in [0.29, 0.717) is 0 Å². The second-order valence-corrected chi connectivity index (χ2v) is 6.96. The molecule has 0 saturated carbocycles. The third-order valence-corrected chi connectivity index (χ3v) is 5.33. The summed E-state index contributed by atoms with van der Waals surface area (Å²) in [6, 6.07) is 4.19. The minimum Gasteiger partial charge on any atom is -0.379 e. The van der Waals surface area contributed by atoms with Crippen LogP contribution in [0, 0.1) is 0 Å². The Hall–Kier alpha value is -1.54. The van der Waals surface area contributed by atoms with Gasteiger partial charge in [-0.2, -0.15) is 11.3 Å². The Morgan fingerprint density at radius 1 is 1.18 bits per heavy atom. The van der Waals surface area contributed by atoms with E-state index >= 15 is 0 Å². The summed E-state index contributed by atoms with van der Waals surface area (Å²) in [5.74, 6) is 0. The van der Waals surface area contributed by atoms with Crippen molar-refractivity contribution < 1.29 is 4.74 Å². The molecule has 0 radical (unpaired) electrons. The fraction of sp³-hybridized carbons (Fsp3) is 0.333. The van der Waals surface area contributed by atoms with Gasteiger partial charge in [0.05, 0.1) is 25.1 Å². The van der Waals surface area contributed by atoms with Gasteiger partial charge >= 0.3 is 0 Å². The standard InChI is InChI=1S/C15H16N4OS2/c1-7-21-11-12(1)13-9-19(17-16-13)14-2-8-22-15(14)10-18-3-5-20-6-4-18/h1-2,7-9,11H,3-6,10H2. The molecule has 1 aliphatic rings. The number of ether oxygens (including phenoxy) is 1. The van der Waals surface area contributed by atoms with Crippen LogP contribution in [-0.2, 0) is 11.3 Å². The van der Waals surface area contributed by atoms with Gasteiger partial charge in [-0.15, -0.1) is 16.4 Å². The van der Waals surface area contributed by atoms with Gasteiger partial charge in [0.2, 0.25) is 0 Å². The fourth-order valence-corrected chi connectivity index (χ4v) is 4.09. The van der Waals surface area contributed by atoms with Crippen molar-refractivity contribution in [2.24, 2.45) is 0 Å². The molecule has 0 amide bonds. The Balaban J connectivity index is 1.57. The Labute approximate surface area is 136 Å². The molecular weight excluding hydrogens is 316 g/mol. The molecule has 1 saturated heterocycles. The molecule has 4 rings (SSSR count). The third kappa shape index (κ3) is 2.85. The number of hydrogen-bond acceptors (Lipinski definition) is 6. The molecule has 0 spiro atoms. The normalized spacial score (nSPS) is 16.2. The van der Waals surface area contributed by atoms with Crippen LogP contribution >= 0.6 is 22.7 Å². The maximum Gasteiger partial charge on any atom is 0.114 e. The lowest BCUT2D eigenvalue weighted by Crippen LogP contribution is -2.35. The maximum atomic E-state index is 5.41. The summed E-state index contributed by atoms with van der Waals surface area (Å²) in [4.78, 5) is 3.75. The number of thiophene rings is 2. The van der Waals surface area contributed by atoms with Gasteiger partial charge in [-0.25, -0.2) is 4.68 Å². The second kappa shape index (κ2) is 6.29. The van der Waals surface area contributed by atoms with Crippen molar-refractivity contribution in [3.63, 3.8) is 0 Å². The maximum absolute atomic E-state index is 5.41. The lowest BCUT2D eigenvalue weighted by Gasteiger charge is -2.26. The highest BCUT2D eigenvalue weighted by atomic mass is 32.1. The fourth-order valence-electron chi connectivity index (χ4n) is 2.54. The number of rotatable bonds is 4. The first kappa shape index (κ1) is 14.1. The lowest BCUT2D eigenvalue weighted by atomic mass is 10.3. The van der Waals surface area contributed by atoms with E-state index in [1.54, 1.807) is 22.7 Å². The van der Waals surface area contributed by atoms with Gasteiger partial charge in [0, 0.05) is 35.5 Å². The molecule has 0 aromatic carbocycles. The summed E-state index contributed by atoms with van der Waals surface area (Å²) in [7, 11) is 0. The van der Waals surface area contributed by atoms with Crippen LogP contribution in [-0.4, -0.2) is 46.2 Å². The zero-order valence-electron chi connectivity index (χ0n) is 12.0. The topological polar surface area (TPSA) is 43.2 Å². The van der Waals surface area contributed by atoms with Crippen molar-refractivity contribution in [2.75, 3.05) is 26.3 Å². The summed E-state index contributed by atoms with van der Waals surface area (Å²) in [6.07, 6.45) is 2.01. The van der Waals surface area contributed by atoms with E-state index in [-0.39, 0.29) is 0 Å². The molecule has 3 aromatic rings. The summed E-state index contributed by atoms with van der Waals surface area (Å²) >= 11 is 3.45. The number of aromatic nitrogens is 3. The molecule has 0 bridgehead atoms. The van der Waals surface area contributed by atoms with E-state index in [1.807, 2.05) is 10.9 Å². The summed E-state index contributed by atoms with van der Waals surface area (Å²) in [5.41, 5.74) is 3.18. The molecule has 3 aromatic heterocycles. The van der Waals surface area contributed by atoms with Crippen LogP contribution in [0.25, 0.3) is 16.9 Å². The van der Waals surface area contributed by atoms with Crippen LogP contribution in [0.3, 0.4) is 0 Å². The Bertz CT molecular complexity index is 728. The van der Waals surface area contributed by atoms with Crippen molar-refractivity contribution in [3.8, 4) is 16.9 Å². The van der Waals surface area contributed by atoms with Crippen LogP contribution in [0.1, 0.15) is 4.88 Å². The molecule has 1 aliphatic heterocycles. The molecular formula is C15H16N4OS2. The van der Waals surface area contributed by atoms with Crippen molar-refractivity contribution >= 4 is 22.7 Å². The van der Waals surface area contributed by atoms with Crippen LogP contribution in [0.2, 0.25) is 0 Å². The number of hydrogen-bond donors (Lipinski definition) is 0. The minimum atomic E-state index is 0.826. The van der Waals surface area contributed by atoms with Gasteiger partial charge < -0.3 is 4.74 Å². The van der Waals surface area contributed by atoms with Crippen LogP contribution in [0.15, 0.2) is 34.5 Å². The first-order valence-corrected chi connectivity index (χ1v) is 9.04. The molecule has 4 heterocycles. The van der Waals surface area contributed by atoms with E-state index in [4.69, 9.17) is 4.74 Å². The minimum absolute atomic E-state index is 0.826. The number of nitrogens with zero attached hydrogens (tertiary/aromatic N) is 4. The van der Waals surface area contributed by atoms with Gasteiger partial charge in [-0.3, -0.25) is 4.90 Å². The first-order chi connectivity index (χ1) is 10.9. The monoisotopic (exact) mass is 332 g/mol. The smallest absolute Gasteiger partial charge is 0.114 e. The predicted molar refractivity (Wildman–Crippen MR) is 88.6 cm³/mol. The van der Waals surface area contributed by atoms with Crippen molar-refractivity contribution in [3.05, 3.63) is 39.3 Å². The van der Waals surface area contributed by atoms with Gasteiger partial charge in [0.15, 0.2) is 0 Å². The summed E-state index contributed by atoms with van der Waals surface area (Å²) < 4.78 is 7.30. The zero-order valence-corrected chi connectivity index (χ0v) is 13.6. The van der Waals surface area contributed by atoms with Gasteiger partial charge in [-0.1, -0.05) is 5.21 Å². The molecule has 114 valence electrons. The summed E-state index contributed by atoms with van der Waals surface area (Å²) in [6.45, 7) is 4.59. The van der Waals surface area contributed by atoms with Gasteiger partial charge in [0.1, 0.15) is 5.69 Å². The highest BCUT2D eigenvalue weighted by Gasteiger charge is 2.16. The highest BCUT2D eigenvalue weighted by Crippen LogP contribution is 2.25. The lowest BCUT2D eigenvalue weighted by molar-refractivity contribution is 0.0346. The molecule has 22 heavy (non-hydrogen) atoms. The molecule has 0 unspecified atom stereocenters. The van der Waals surface area contributed by atoms with Gasteiger partial charge in [-0.05, 0) is 22.9 Å². The molecule has 0 atom stereocenters. The highest BCUT2D eigenvalue weighted by molar-refractivity contribution is 7.10. The second-order valence-electron chi connectivity index (χ2n) is 5.18. The SMILES string of the molecule is c1cc(-c2cn(-c3ccsc3CN3CCOCC3)nn2)cs1. The molecule has 1 fully saturated rings. The first-order valence-electron chi connectivity index (χ1n) is 7.22. The van der Waals surface area contributed by atoms with E-state index < -0.39 is 0 Å².